The molecule has 1 rings (SSSR count). The molecule has 1 fully saturated rings. The number of nitrogens with one attached hydrogen (secondary N) is 1. The second kappa shape index (κ2) is 3.78. The fraction of sp³-hybridized carbons (Fsp3) is 1.00. The number of hydrogen-bond acceptors (Lipinski definition) is 3. The number of hydrogen-bond donors (Lipinski definition) is 3. The smallest absolute Gasteiger partial charge is 0.317 e. The maximum atomic E-state index is 8.74. The second-order valence-electron chi connectivity index (χ2n) is 1.55. The van der Waals surface area contributed by atoms with E-state index in [0.717, 1.165) is 0 Å². The van der Waals surface area contributed by atoms with Crippen LogP contribution < -0.4 is 5.32 Å². The van der Waals surface area contributed by atoms with Crippen LogP contribution in [0.4, 0.5) is 0 Å². The number of rotatable bonds is 0. The van der Waals surface area contributed by atoms with Crippen molar-refractivity contribution in [1.29, 1.82) is 0 Å². The second-order valence-corrected chi connectivity index (χ2v) is 2.45. The van der Waals surface area contributed by atoms with Crippen molar-refractivity contribution in [3.8, 4) is 0 Å². The van der Waals surface area contributed by atoms with Crippen LogP contribution in [0.15, 0.2) is 0 Å². The van der Waals surface area contributed by atoms with Crippen molar-refractivity contribution in [1.82, 2.24) is 5.32 Å². The molecule has 56 valence electrons. The highest BCUT2D eigenvalue weighted by Crippen LogP contribution is 1.80. The molecule has 0 spiro atoms. The summed E-state index contributed by atoms with van der Waals surface area (Å²) >= 11 is 0. The molecule has 9 heavy (non-hydrogen) atoms. The van der Waals surface area contributed by atoms with Crippen molar-refractivity contribution in [3.05, 3.63) is 0 Å². The van der Waals surface area contributed by atoms with E-state index in [1.807, 2.05) is 0 Å². The van der Waals surface area contributed by atoms with Crippen LogP contribution in [0.25, 0.3) is 0 Å². The summed E-state index contributed by atoms with van der Waals surface area (Å²) in [6.07, 6.45) is 1.39. The van der Waals surface area contributed by atoms with Gasteiger partial charge in [0.2, 0.25) is 0 Å². The van der Waals surface area contributed by atoms with E-state index in [1.54, 1.807) is 0 Å². The quantitative estimate of drug-likeness (QED) is 0.404. The van der Waals surface area contributed by atoms with Crippen LogP contribution in [0.5, 0.6) is 0 Å². The largest absolute Gasteiger partial charge is 0.394 e. The summed E-state index contributed by atoms with van der Waals surface area (Å²) < 4.78 is 31.6. The third-order valence-electron chi connectivity index (χ3n) is 0.707. The predicted octanol–water partition coefficient (Wildman–Crippen LogP) is -0.673. The van der Waals surface area contributed by atoms with Gasteiger partial charge in [0.15, 0.2) is 0 Å². The van der Waals surface area contributed by atoms with E-state index >= 15 is 0 Å². The van der Waals surface area contributed by atoms with Crippen LogP contribution in [0.3, 0.4) is 0 Å². The normalized spacial score (nSPS) is 17.1. The Labute approximate surface area is 53.7 Å². The van der Waals surface area contributed by atoms with Crippen LogP contribution in [-0.4, -0.2) is 30.6 Å². The van der Waals surface area contributed by atoms with Gasteiger partial charge in [-0.2, -0.15) is 8.42 Å². The highest BCUT2D eigenvalue weighted by molar-refractivity contribution is 7.79. The van der Waals surface area contributed by atoms with Crippen LogP contribution in [-0.2, 0) is 10.4 Å². The van der Waals surface area contributed by atoms with Gasteiger partial charge in [0.1, 0.15) is 0 Å². The van der Waals surface area contributed by atoms with Gasteiger partial charge < -0.3 is 5.32 Å². The van der Waals surface area contributed by atoms with Crippen molar-refractivity contribution in [2.24, 2.45) is 0 Å². The standard InChI is InChI=1S/C3H7N.H2O4S/c1-2-4-3-1;1-5(2,3)4/h4H,1-3H2;(H2,1,2,3,4). The Hall–Kier alpha value is -0.170. The molecular formula is C3H9NO4S. The Morgan fingerprint density at radius 1 is 1.22 bits per heavy atom. The first kappa shape index (κ1) is 8.83. The van der Waals surface area contributed by atoms with Crippen molar-refractivity contribution in [3.63, 3.8) is 0 Å². The Kier molecular flexibility index (Phi) is 3.71. The molecule has 1 heterocycles. The molecule has 0 bridgehead atoms. The van der Waals surface area contributed by atoms with Gasteiger partial charge in [0, 0.05) is 0 Å². The van der Waals surface area contributed by atoms with Crippen LogP contribution in [0, 0.1) is 0 Å². The van der Waals surface area contributed by atoms with Gasteiger partial charge in [0.25, 0.3) is 0 Å². The van der Waals surface area contributed by atoms with E-state index in [2.05, 4.69) is 5.32 Å². The zero-order chi connectivity index (χ0) is 7.33. The topological polar surface area (TPSA) is 86.6 Å². The fourth-order valence-corrected chi connectivity index (χ4v) is 0.177. The van der Waals surface area contributed by atoms with Crippen LogP contribution in [0.2, 0.25) is 0 Å². The molecule has 1 saturated heterocycles. The predicted molar refractivity (Wildman–Crippen MR) is 31.7 cm³/mol. The maximum absolute atomic E-state index is 8.74. The first-order valence-electron chi connectivity index (χ1n) is 2.41. The molecule has 0 unspecified atom stereocenters. The molecule has 0 amide bonds. The van der Waals surface area contributed by atoms with Crippen molar-refractivity contribution >= 4 is 10.4 Å². The van der Waals surface area contributed by atoms with Crippen molar-refractivity contribution in [2.45, 2.75) is 6.42 Å². The Morgan fingerprint density at radius 2 is 1.33 bits per heavy atom. The zero-order valence-electron chi connectivity index (χ0n) is 4.74. The van der Waals surface area contributed by atoms with Crippen molar-refractivity contribution in [2.75, 3.05) is 13.1 Å². The Morgan fingerprint density at radius 3 is 1.33 bits per heavy atom. The molecule has 0 aromatic heterocycles. The van der Waals surface area contributed by atoms with Gasteiger partial charge in [-0.25, -0.2) is 0 Å². The average molecular weight is 155 g/mol. The van der Waals surface area contributed by atoms with E-state index in [4.69, 9.17) is 17.5 Å². The monoisotopic (exact) mass is 155 g/mol. The van der Waals surface area contributed by atoms with Gasteiger partial charge in [-0.05, 0) is 19.5 Å². The van der Waals surface area contributed by atoms with Crippen LogP contribution in [0.1, 0.15) is 6.42 Å². The van der Waals surface area contributed by atoms with E-state index in [0.29, 0.717) is 0 Å². The van der Waals surface area contributed by atoms with Gasteiger partial charge >= 0.3 is 10.4 Å². The van der Waals surface area contributed by atoms with Gasteiger partial charge in [-0.15, -0.1) is 0 Å². The molecule has 0 atom stereocenters. The zero-order valence-corrected chi connectivity index (χ0v) is 5.56. The van der Waals surface area contributed by atoms with E-state index < -0.39 is 10.4 Å². The molecule has 5 nitrogen and oxygen atoms in total. The summed E-state index contributed by atoms with van der Waals surface area (Å²) in [6.45, 7) is 2.50. The van der Waals surface area contributed by atoms with E-state index in [-0.39, 0.29) is 0 Å². The summed E-state index contributed by atoms with van der Waals surface area (Å²) in [7, 11) is -4.67. The van der Waals surface area contributed by atoms with Gasteiger partial charge in [-0.3, -0.25) is 9.11 Å². The summed E-state index contributed by atoms with van der Waals surface area (Å²) in [5, 5.41) is 3.11. The third kappa shape index (κ3) is 18.1. The lowest BCUT2D eigenvalue weighted by Crippen LogP contribution is -2.29. The Bertz CT molecular complexity index is 135. The summed E-state index contributed by atoms with van der Waals surface area (Å²) in [5.41, 5.74) is 0. The first-order chi connectivity index (χ1) is 4.00. The molecule has 1 aliphatic rings. The minimum absolute atomic E-state index is 1.25. The molecule has 0 saturated carbocycles. The van der Waals surface area contributed by atoms with Crippen molar-refractivity contribution < 1.29 is 17.5 Å². The highest BCUT2D eigenvalue weighted by Gasteiger charge is 1.92. The summed E-state index contributed by atoms with van der Waals surface area (Å²) in [5.74, 6) is 0. The first-order valence-corrected chi connectivity index (χ1v) is 3.80. The molecule has 1 aliphatic heterocycles. The van der Waals surface area contributed by atoms with Gasteiger partial charge in [-0.1, -0.05) is 0 Å². The lowest BCUT2D eigenvalue weighted by Gasteiger charge is -2.09. The minimum Gasteiger partial charge on any atom is -0.317 e. The highest BCUT2D eigenvalue weighted by atomic mass is 32.3. The molecule has 3 N–H and O–H groups in total. The molecule has 0 aliphatic carbocycles. The van der Waals surface area contributed by atoms with Crippen LogP contribution >= 0.6 is 0 Å². The third-order valence-corrected chi connectivity index (χ3v) is 0.707. The maximum Gasteiger partial charge on any atom is 0.394 e. The molecule has 0 aromatic rings. The SMILES string of the molecule is C1CNC1.O=S(=O)(O)O. The average Bonchev–Trinajstić information content (AvgIpc) is 1.12. The molecule has 6 heteroatoms. The lowest BCUT2D eigenvalue weighted by atomic mass is 10.3. The van der Waals surface area contributed by atoms with E-state index in [1.165, 1.54) is 19.5 Å². The fourth-order valence-electron chi connectivity index (χ4n) is 0.177. The molecule has 0 aromatic carbocycles. The Balaban J connectivity index is 0.000000144. The van der Waals surface area contributed by atoms with Gasteiger partial charge in [0.05, 0.1) is 0 Å². The summed E-state index contributed by atoms with van der Waals surface area (Å²) in [6, 6.07) is 0. The summed E-state index contributed by atoms with van der Waals surface area (Å²) in [4.78, 5) is 0. The van der Waals surface area contributed by atoms with E-state index in [9.17, 15) is 0 Å². The lowest BCUT2D eigenvalue weighted by molar-refractivity contribution is 0.381. The minimum atomic E-state index is -4.67. The molecular weight excluding hydrogens is 146 g/mol. The molecule has 0 radical (unpaired) electrons.